The molecule has 0 aliphatic rings. The normalized spacial score (nSPS) is 12.1. The van der Waals surface area contributed by atoms with Crippen molar-refractivity contribution < 1.29 is 4.39 Å². The molecule has 0 radical (unpaired) electrons. The third-order valence-electron chi connectivity index (χ3n) is 3.25. The Labute approximate surface area is 134 Å². The molecule has 1 unspecified atom stereocenters. The average Bonchev–Trinajstić information content (AvgIpc) is 2.43. The van der Waals surface area contributed by atoms with Crippen LogP contribution in [0.1, 0.15) is 18.5 Å². The van der Waals surface area contributed by atoms with Crippen LogP contribution in [0.2, 0.25) is 10.0 Å². The fraction of sp³-hybridized carbons (Fsp3) is 0.250. The maximum absolute atomic E-state index is 13.6. The van der Waals surface area contributed by atoms with Crippen LogP contribution in [0.25, 0.3) is 0 Å². The van der Waals surface area contributed by atoms with Gasteiger partial charge in [0.05, 0.1) is 11.1 Å². The van der Waals surface area contributed by atoms with Gasteiger partial charge in [-0.2, -0.15) is 0 Å². The largest absolute Gasteiger partial charge is 0.378 e. The Bertz CT molecular complexity index is 644. The second-order valence-electron chi connectivity index (χ2n) is 5.10. The number of halogens is 3. The Balaban J connectivity index is 2.24. The van der Waals surface area contributed by atoms with Gasteiger partial charge in [-0.15, -0.1) is 0 Å². The highest BCUT2D eigenvalue weighted by atomic mass is 35.5. The van der Waals surface area contributed by atoms with Crippen LogP contribution in [0.5, 0.6) is 0 Å². The first-order valence-electron chi connectivity index (χ1n) is 6.57. The summed E-state index contributed by atoms with van der Waals surface area (Å²) in [7, 11) is 3.96. The number of hydrogen-bond donors (Lipinski definition) is 1. The molecule has 112 valence electrons. The van der Waals surface area contributed by atoms with Crippen LogP contribution in [-0.2, 0) is 0 Å². The van der Waals surface area contributed by atoms with Crippen LogP contribution in [0.4, 0.5) is 15.8 Å². The topological polar surface area (TPSA) is 15.3 Å². The lowest BCUT2D eigenvalue weighted by Crippen LogP contribution is -2.11. The predicted octanol–water partition coefficient (Wildman–Crippen LogP) is 5.37. The zero-order chi connectivity index (χ0) is 15.6. The maximum Gasteiger partial charge on any atom is 0.142 e. The Hall–Kier alpha value is -1.45. The summed E-state index contributed by atoms with van der Waals surface area (Å²) in [4.78, 5) is 2.02. The highest BCUT2D eigenvalue weighted by Gasteiger charge is 2.13. The van der Waals surface area contributed by atoms with E-state index in [2.05, 4.69) is 5.32 Å². The van der Waals surface area contributed by atoms with E-state index >= 15 is 0 Å². The molecule has 0 spiro atoms. The van der Waals surface area contributed by atoms with E-state index in [4.69, 9.17) is 23.2 Å². The first kappa shape index (κ1) is 15.9. The minimum Gasteiger partial charge on any atom is -0.378 e. The van der Waals surface area contributed by atoms with Crippen molar-refractivity contribution in [2.45, 2.75) is 13.0 Å². The minimum atomic E-state index is -0.466. The summed E-state index contributed by atoms with van der Waals surface area (Å²) < 4.78 is 13.6. The van der Waals surface area contributed by atoms with E-state index in [1.807, 2.05) is 50.2 Å². The summed E-state index contributed by atoms with van der Waals surface area (Å²) in [6.07, 6.45) is 0. The number of hydrogen-bond acceptors (Lipinski definition) is 2. The van der Waals surface area contributed by atoms with Gasteiger partial charge in [-0.25, -0.2) is 4.39 Å². The Kier molecular flexibility index (Phi) is 4.96. The van der Waals surface area contributed by atoms with Crippen molar-refractivity contribution in [3.8, 4) is 0 Å². The molecule has 0 bridgehead atoms. The number of benzene rings is 2. The molecule has 2 nitrogen and oxygen atoms in total. The van der Waals surface area contributed by atoms with E-state index in [0.717, 1.165) is 11.4 Å². The molecule has 0 aliphatic carbocycles. The standard InChI is InChI=1S/C16H17Cl2FN2/c1-10(13-8-16(19)15(18)9-14(13)17)20-11-5-4-6-12(7-11)21(2)3/h4-10,20H,1-3H3. The highest BCUT2D eigenvalue weighted by molar-refractivity contribution is 6.35. The molecule has 0 saturated carbocycles. The minimum absolute atomic E-state index is 0.0329. The second-order valence-corrected chi connectivity index (χ2v) is 5.91. The molecule has 21 heavy (non-hydrogen) atoms. The van der Waals surface area contributed by atoms with Gasteiger partial charge in [-0.1, -0.05) is 29.3 Å². The van der Waals surface area contributed by atoms with Crippen LogP contribution in [0.15, 0.2) is 36.4 Å². The third-order valence-corrected chi connectivity index (χ3v) is 3.87. The molecular formula is C16H17Cl2FN2. The second kappa shape index (κ2) is 6.54. The molecule has 2 aromatic rings. The molecule has 2 rings (SSSR count). The SMILES string of the molecule is CC(Nc1cccc(N(C)C)c1)c1cc(F)c(Cl)cc1Cl. The smallest absolute Gasteiger partial charge is 0.142 e. The molecule has 5 heteroatoms. The van der Waals surface area contributed by atoms with Gasteiger partial charge in [-0.05, 0) is 42.8 Å². The summed E-state index contributed by atoms with van der Waals surface area (Å²) in [5.41, 5.74) is 2.70. The van der Waals surface area contributed by atoms with Crippen molar-refractivity contribution in [1.82, 2.24) is 0 Å². The first-order chi connectivity index (χ1) is 9.88. The average molecular weight is 327 g/mol. The Morgan fingerprint density at radius 3 is 2.48 bits per heavy atom. The first-order valence-corrected chi connectivity index (χ1v) is 7.32. The van der Waals surface area contributed by atoms with Crippen molar-refractivity contribution in [2.24, 2.45) is 0 Å². The lowest BCUT2D eigenvalue weighted by molar-refractivity contribution is 0.624. The van der Waals surface area contributed by atoms with Gasteiger partial charge in [0.25, 0.3) is 0 Å². The molecular weight excluding hydrogens is 310 g/mol. The lowest BCUT2D eigenvalue weighted by Gasteiger charge is -2.19. The van der Waals surface area contributed by atoms with Gasteiger partial charge >= 0.3 is 0 Å². The molecule has 0 saturated heterocycles. The van der Waals surface area contributed by atoms with Crippen molar-refractivity contribution in [1.29, 1.82) is 0 Å². The number of anilines is 2. The Morgan fingerprint density at radius 1 is 1.10 bits per heavy atom. The van der Waals surface area contributed by atoms with E-state index in [1.54, 1.807) is 0 Å². The van der Waals surface area contributed by atoms with Crippen LogP contribution in [0, 0.1) is 5.82 Å². The van der Waals surface area contributed by atoms with Gasteiger partial charge in [0, 0.05) is 30.5 Å². The van der Waals surface area contributed by atoms with Crippen LogP contribution >= 0.6 is 23.2 Å². The Morgan fingerprint density at radius 2 is 1.81 bits per heavy atom. The molecule has 0 amide bonds. The quantitative estimate of drug-likeness (QED) is 0.759. The number of nitrogens with zero attached hydrogens (tertiary/aromatic N) is 1. The molecule has 2 aromatic carbocycles. The van der Waals surface area contributed by atoms with Crippen molar-refractivity contribution >= 4 is 34.6 Å². The summed E-state index contributed by atoms with van der Waals surface area (Å²) in [6.45, 7) is 1.93. The summed E-state index contributed by atoms with van der Waals surface area (Å²) in [5.74, 6) is -0.466. The van der Waals surface area contributed by atoms with Gasteiger partial charge in [0.1, 0.15) is 5.82 Å². The number of nitrogens with one attached hydrogen (secondary N) is 1. The van der Waals surface area contributed by atoms with Crippen molar-refractivity contribution in [3.05, 3.63) is 57.8 Å². The summed E-state index contributed by atoms with van der Waals surface area (Å²) in [6, 6.07) is 10.6. The van der Waals surface area contributed by atoms with Gasteiger partial charge in [0.15, 0.2) is 0 Å². The molecule has 0 aliphatic heterocycles. The summed E-state index contributed by atoms with van der Waals surface area (Å²) >= 11 is 11.9. The van der Waals surface area contributed by atoms with Crippen molar-refractivity contribution in [3.63, 3.8) is 0 Å². The van der Waals surface area contributed by atoms with E-state index < -0.39 is 5.82 Å². The van der Waals surface area contributed by atoms with E-state index in [1.165, 1.54) is 12.1 Å². The zero-order valence-corrected chi connectivity index (χ0v) is 13.6. The third kappa shape index (κ3) is 3.80. The van der Waals surface area contributed by atoms with Crippen LogP contribution in [-0.4, -0.2) is 14.1 Å². The van der Waals surface area contributed by atoms with E-state index in [-0.39, 0.29) is 11.1 Å². The highest BCUT2D eigenvalue weighted by Crippen LogP contribution is 2.31. The van der Waals surface area contributed by atoms with Gasteiger partial charge in [-0.3, -0.25) is 0 Å². The maximum atomic E-state index is 13.6. The van der Waals surface area contributed by atoms with Crippen molar-refractivity contribution in [2.75, 3.05) is 24.3 Å². The monoisotopic (exact) mass is 326 g/mol. The number of rotatable bonds is 4. The zero-order valence-electron chi connectivity index (χ0n) is 12.1. The van der Waals surface area contributed by atoms with Crippen LogP contribution < -0.4 is 10.2 Å². The molecule has 1 N–H and O–H groups in total. The van der Waals surface area contributed by atoms with E-state index in [9.17, 15) is 4.39 Å². The molecule has 1 atom stereocenters. The fourth-order valence-electron chi connectivity index (χ4n) is 2.07. The van der Waals surface area contributed by atoms with Gasteiger partial charge < -0.3 is 10.2 Å². The summed E-state index contributed by atoms with van der Waals surface area (Å²) in [5, 5.41) is 3.80. The van der Waals surface area contributed by atoms with E-state index in [0.29, 0.717) is 10.6 Å². The van der Waals surface area contributed by atoms with Crippen LogP contribution in [0.3, 0.4) is 0 Å². The van der Waals surface area contributed by atoms with Gasteiger partial charge in [0.2, 0.25) is 0 Å². The fourth-order valence-corrected chi connectivity index (χ4v) is 2.62. The predicted molar refractivity (Wildman–Crippen MR) is 89.2 cm³/mol. The molecule has 0 heterocycles. The molecule has 0 fully saturated rings. The lowest BCUT2D eigenvalue weighted by atomic mass is 10.1. The molecule has 0 aromatic heterocycles.